The largest absolute Gasteiger partial charge is 0.301 e. The van der Waals surface area contributed by atoms with Gasteiger partial charge in [-0.3, -0.25) is 0 Å². The monoisotopic (exact) mass is 316 g/mol. The van der Waals surface area contributed by atoms with E-state index in [1.165, 1.54) is 24.2 Å². The van der Waals surface area contributed by atoms with Crippen LogP contribution in [0.5, 0.6) is 0 Å². The molecule has 0 spiro atoms. The third-order valence-corrected chi connectivity index (χ3v) is 7.33. The van der Waals surface area contributed by atoms with E-state index in [9.17, 15) is 8.42 Å². The summed E-state index contributed by atoms with van der Waals surface area (Å²) in [4.78, 5) is 3.49. The lowest BCUT2D eigenvalue weighted by molar-refractivity contribution is 0.186. The minimum Gasteiger partial charge on any atom is -0.301 e. The van der Waals surface area contributed by atoms with Crippen molar-refractivity contribution in [2.75, 3.05) is 32.7 Å². The summed E-state index contributed by atoms with van der Waals surface area (Å²) in [6.07, 6.45) is 3.27. The second-order valence-corrected chi connectivity index (χ2v) is 8.51. The molecular formula is C14H24N2O2S2. The summed E-state index contributed by atoms with van der Waals surface area (Å²) in [5.41, 5.74) is 0. The molecule has 0 N–H and O–H groups in total. The number of sulfonamides is 1. The lowest BCUT2D eigenvalue weighted by Crippen LogP contribution is -2.48. The zero-order valence-electron chi connectivity index (χ0n) is 12.3. The van der Waals surface area contributed by atoms with Crippen LogP contribution in [0.3, 0.4) is 0 Å². The second kappa shape index (κ2) is 7.02. The number of thiophene rings is 1. The molecule has 114 valence electrons. The van der Waals surface area contributed by atoms with Crippen molar-refractivity contribution in [2.24, 2.45) is 0 Å². The molecule has 1 aliphatic heterocycles. The molecule has 0 aliphatic carbocycles. The molecule has 20 heavy (non-hydrogen) atoms. The summed E-state index contributed by atoms with van der Waals surface area (Å²) < 4.78 is 27.2. The highest BCUT2D eigenvalue weighted by atomic mass is 32.2. The van der Waals surface area contributed by atoms with Crippen LogP contribution in [0.4, 0.5) is 0 Å². The number of hydrogen-bond donors (Lipinski definition) is 0. The Balaban J connectivity index is 1.98. The van der Waals surface area contributed by atoms with E-state index in [2.05, 4.69) is 18.7 Å². The highest BCUT2D eigenvalue weighted by molar-refractivity contribution is 7.91. The van der Waals surface area contributed by atoms with Crippen molar-refractivity contribution in [3.05, 3.63) is 17.0 Å². The second-order valence-electron chi connectivity index (χ2n) is 5.17. The van der Waals surface area contributed by atoms with Crippen LogP contribution >= 0.6 is 11.3 Å². The van der Waals surface area contributed by atoms with Crippen LogP contribution < -0.4 is 0 Å². The fourth-order valence-electron chi connectivity index (χ4n) is 2.39. The summed E-state index contributed by atoms with van der Waals surface area (Å²) >= 11 is 1.40. The van der Waals surface area contributed by atoms with Crippen molar-refractivity contribution < 1.29 is 8.42 Å². The normalized spacial score (nSPS) is 18.5. The Labute approximate surface area is 126 Å². The molecular weight excluding hydrogens is 292 g/mol. The number of nitrogens with zero attached hydrogens (tertiary/aromatic N) is 2. The van der Waals surface area contributed by atoms with Crippen molar-refractivity contribution in [2.45, 2.75) is 37.3 Å². The fraction of sp³-hybridized carbons (Fsp3) is 0.714. The van der Waals surface area contributed by atoms with Gasteiger partial charge in [-0.05, 0) is 31.5 Å². The van der Waals surface area contributed by atoms with E-state index in [0.717, 1.165) is 30.9 Å². The Morgan fingerprint density at radius 1 is 1.15 bits per heavy atom. The van der Waals surface area contributed by atoms with Gasteiger partial charge in [0.25, 0.3) is 10.0 Å². The molecule has 6 heteroatoms. The summed E-state index contributed by atoms with van der Waals surface area (Å²) in [5, 5.41) is 0. The van der Waals surface area contributed by atoms with Crippen molar-refractivity contribution >= 4 is 21.4 Å². The van der Waals surface area contributed by atoms with Crippen LogP contribution in [0.2, 0.25) is 0 Å². The van der Waals surface area contributed by atoms with Gasteiger partial charge in [0.1, 0.15) is 4.21 Å². The van der Waals surface area contributed by atoms with E-state index in [1.54, 1.807) is 10.4 Å². The van der Waals surface area contributed by atoms with Gasteiger partial charge >= 0.3 is 0 Å². The van der Waals surface area contributed by atoms with E-state index < -0.39 is 10.0 Å². The van der Waals surface area contributed by atoms with Gasteiger partial charge in [-0.1, -0.05) is 20.3 Å². The van der Waals surface area contributed by atoms with Crippen molar-refractivity contribution in [1.82, 2.24) is 9.21 Å². The third-order valence-electron chi connectivity index (χ3n) is 3.74. The van der Waals surface area contributed by atoms with E-state index in [0.29, 0.717) is 17.3 Å². The first kappa shape index (κ1) is 15.9. The van der Waals surface area contributed by atoms with E-state index in [4.69, 9.17) is 0 Å². The summed E-state index contributed by atoms with van der Waals surface area (Å²) in [7, 11) is -3.27. The molecule has 0 atom stereocenters. The molecule has 4 nitrogen and oxygen atoms in total. The number of unbranched alkanes of at least 4 members (excludes halogenated alkanes) is 1. The third kappa shape index (κ3) is 3.61. The lowest BCUT2D eigenvalue weighted by Gasteiger charge is -2.33. The zero-order chi connectivity index (χ0) is 14.6. The fourth-order valence-corrected chi connectivity index (χ4v) is 5.26. The molecule has 1 aromatic heterocycles. The maximum absolute atomic E-state index is 12.6. The zero-order valence-corrected chi connectivity index (χ0v) is 14.0. The number of aryl methyl sites for hydroxylation is 1. The molecule has 1 aliphatic rings. The van der Waals surface area contributed by atoms with E-state index >= 15 is 0 Å². The first-order valence-electron chi connectivity index (χ1n) is 7.39. The predicted molar refractivity (Wildman–Crippen MR) is 83.8 cm³/mol. The number of rotatable bonds is 6. The molecule has 1 fully saturated rings. The molecule has 0 amide bonds. The molecule has 0 aromatic carbocycles. The van der Waals surface area contributed by atoms with Crippen LogP contribution in [0.1, 0.15) is 31.6 Å². The van der Waals surface area contributed by atoms with Crippen molar-refractivity contribution in [3.8, 4) is 0 Å². The number of hydrogen-bond acceptors (Lipinski definition) is 4. The molecule has 0 unspecified atom stereocenters. The maximum Gasteiger partial charge on any atom is 0.252 e. The molecule has 0 bridgehead atoms. The first-order chi connectivity index (χ1) is 9.57. The molecule has 1 aromatic rings. The SMILES string of the molecule is CCCCN1CCN(S(=O)(=O)c2ccc(CC)s2)CC1. The van der Waals surface area contributed by atoms with Gasteiger partial charge in [0.15, 0.2) is 0 Å². The average Bonchev–Trinajstić information content (AvgIpc) is 2.95. The quantitative estimate of drug-likeness (QED) is 0.809. The van der Waals surface area contributed by atoms with Crippen molar-refractivity contribution in [3.63, 3.8) is 0 Å². The Hall–Kier alpha value is -0.430. The average molecular weight is 316 g/mol. The van der Waals surface area contributed by atoms with E-state index in [1.807, 2.05) is 6.07 Å². The van der Waals surface area contributed by atoms with Crippen molar-refractivity contribution in [1.29, 1.82) is 0 Å². The smallest absolute Gasteiger partial charge is 0.252 e. The van der Waals surface area contributed by atoms with Gasteiger partial charge in [0, 0.05) is 31.1 Å². The minimum absolute atomic E-state index is 0.497. The Morgan fingerprint density at radius 3 is 2.40 bits per heavy atom. The molecule has 2 rings (SSSR count). The molecule has 0 saturated carbocycles. The highest BCUT2D eigenvalue weighted by Gasteiger charge is 2.29. The van der Waals surface area contributed by atoms with Crippen LogP contribution in [0.15, 0.2) is 16.3 Å². The van der Waals surface area contributed by atoms with Crippen LogP contribution in [-0.4, -0.2) is 50.3 Å². The Kier molecular flexibility index (Phi) is 5.60. The lowest BCUT2D eigenvalue weighted by atomic mass is 10.3. The van der Waals surface area contributed by atoms with Crippen LogP contribution in [0, 0.1) is 0 Å². The van der Waals surface area contributed by atoms with Crippen LogP contribution in [-0.2, 0) is 16.4 Å². The van der Waals surface area contributed by atoms with Crippen LogP contribution in [0.25, 0.3) is 0 Å². The summed E-state index contributed by atoms with van der Waals surface area (Å²) in [5.74, 6) is 0. The Morgan fingerprint density at radius 2 is 1.85 bits per heavy atom. The summed E-state index contributed by atoms with van der Waals surface area (Å²) in [6.45, 7) is 8.26. The maximum atomic E-state index is 12.6. The minimum atomic E-state index is -3.27. The van der Waals surface area contributed by atoms with Gasteiger partial charge in [-0.15, -0.1) is 11.3 Å². The highest BCUT2D eigenvalue weighted by Crippen LogP contribution is 2.26. The number of piperazine rings is 1. The van der Waals surface area contributed by atoms with Gasteiger partial charge in [0.2, 0.25) is 0 Å². The topological polar surface area (TPSA) is 40.6 Å². The molecule has 1 saturated heterocycles. The van der Waals surface area contributed by atoms with Gasteiger partial charge in [-0.25, -0.2) is 8.42 Å². The predicted octanol–water partition coefficient (Wildman–Crippen LogP) is 2.42. The first-order valence-corrected chi connectivity index (χ1v) is 9.64. The standard InChI is InChI=1S/C14H24N2O2S2/c1-3-5-8-15-9-11-16(12-10-15)20(17,18)14-7-6-13(4-2)19-14/h6-7H,3-5,8-12H2,1-2H3. The van der Waals surface area contributed by atoms with Gasteiger partial charge < -0.3 is 4.90 Å². The summed E-state index contributed by atoms with van der Waals surface area (Å²) in [6, 6.07) is 3.68. The Bertz CT molecular complexity index is 517. The van der Waals surface area contributed by atoms with Gasteiger partial charge in [0.05, 0.1) is 0 Å². The molecule has 0 radical (unpaired) electrons. The van der Waals surface area contributed by atoms with E-state index in [-0.39, 0.29) is 0 Å². The molecule has 2 heterocycles. The van der Waals surface area contributed by atoms with Gasteiger partial charge in [-0.2, -0.15) is 4.31 Å².